The molecule has 1 aromatic carbocycles. The molecule has 2 aromatic rings. The minimum Gasteiger partial charge on any atom is -0.266 e. The maximum absolute atomic E-state index is 12.3. The highest BCUT2D eigenvalue weighted by Gasteiger charge is 2.21. The summed E-state index contributed by atoms with van der Waals surface area (Å²) in [7, 11) is 0. The Morgan fingerprint density at radius 3 is 2.92 bits per heavy atom. The molecule has 0 spiro atoms. The van der Waals surface area contributed by atoms with Gasteiger partial charge in [-0.15, -0.1) is 23.1 Å². The van der Waals surface area contributed by atoms with E-state index in [4.69, 9.17) is 0 Å². The molecule has 0 saturated heterocycles. The molecule has 1 aliphatic rings. The predicted molar refractivity (Wildman–Crippen MR) is 103 cm³/mol. The number of rotatable bonds is 5. The van der Waals surface area contributed by atoms with Gasteiger partial charge in [0.15, 0.2) is 0 Å². The zero-order valence-corrected chi connectivity index (χ0v) is 15.7. The van der Waals surface area contributed by atoms with E-state index in [1.165, 1.54) is 28.2 Å². The molecule has 0 aliphatic heterocycles. The Labute approximate surface area is 151 Å². The van der Waals surface area contributed by atoms with E-state index in [1.54, 1.807) is 29.3 Å². The van der Waals surface area contributed by atoms with Crippen LogP contribution in [-0.2, 0) is 12.8 Å². The molecule has 24 heavy (non-hydrogen) atoms. The van der Waals surface area contributed by atoms with Gasteiger partial charge in [-0.05, 0) is 60.8 Å². The summed E-state index contributed by atoms with van der Waals surface area (Å²) in [5.74, 6) is 0.657. The van der Waals surface area contributed by atoms with Crippen LogP contribution in [0.25, 0.3) is 0 Å². The van der Waals surface area contributed by atoms with Crippen LogP contribution in [0, 0.1) is 5.92 Å². The van der Waals surface area contributed by atoms with E-state index >= 15 is 0 Å². The smallest absolute Gasteiger partial charge is 0.266 e. The number of nitrogens with zero attached hydrogens (tertiary/aromatic N) is 1. The first-order valence-electron chi connectivity index (χ1n) is 8.28. The molecule has 1 atom stereocenters. The van der Waals surface area contributed by atoms with E-state index in [2.05, 4.69) is 23.5 Å². The Bertz CT molecular complexity index is 734. The summed E-state index contributed by atoms with van der Waals surface area (Å²) in [5, 5.41) is 4.09. The Morgan fingerprint density at radius 2 is 2.21 bits per heavy atom. The fourth-order valence-corrected chi connectivity index (χ4v) is 4.48. The van der Waals surface area contributed by atoms with Crippen LogP contribution in [0.15, 0.2) is 40.3 Å². The van der Waals surface area contributed by atoms with Crippen molar-refractivity contribution in [2.45, 2.75) is 37.5 Å². The van der Waals surface area contributed by atoms with Crippen LogP contribution in [0.5, 0.6) is 0 Å². The van der Waals surface area contributed by atoms with Crippen molar-refractivity contribution < 1.29 is 4.79 Å². The van der Waals surface area contributed by atoms with Gasteiger partial charge in [-0.3, -0.25) is 4.79 Å². The number of hydrogen-bond donors (Lipinski definition) is 1. The van der Waals surface area contributed by atoms with Crippen molar-refractivity contribution in [3.05, 3.63) is 51.2 Å². The molecular formula is C19H22N2OS2. The second-order valence-electron chi connectivity index (χ2n) is 6.05. The summed E-state index contributed by atoms with van der Waals surface area (Å²) in [5.41, 5.74) is 4.98. The fourth-order valence-electron chi connectivity index (χ4n) is 2.97. The number of carbonyl (C=O) groups is 1. The third-order valence-corrected chi connectivity index (χ3v) is 6.46. The van der Waals surface area contributed by atoms with Crippen molar-refractivity contribution in [1.29, 1.82) is 0 Å². The molecule has 1 amide bonds. The molecule has 1 heterocycles. The lowest BCUT2D eigenvalue weighted by Gasteiger charge is -2.19. The zero-order chi connectivity index (χ0) is 16.9. The highest BCUT2D eigenvalue weighted by molar-refractivity contribution is 7.98. The van der Waals surface area contributed by atoms with Gasteiger partial charge in [-0.25, -0.2) is 5.43 Å². The van der Waals surface area contributed by atoms with Gasteiger partial charge in [0.2, 0.25) is 0 Å². The van der Waals surface area contributed by atoms with Gasteiger partial charge in [-0.2, -0.15) is 5.10 Å². The first kappa shape index (κ1) is 17.2. The molecule has 0 radical (unpaired) electrons. The van der Waals surface area contributed by atoms with Crippen LogP contribution < -0.4 is 5.43 Å². The van der Waals surface area contributed by atoms with Gasteiger partial charge >= 0.3 is 0 Å². The molecule has 3 nitrogen and oxygen atoms in total. The van der Waals surface area contributed by atoms with Crippen LogP contribution in [0.1, 0.15) is 45.4 Å². The van der Waals surface area contributed by atoms with Crippen LogP contribution in [0.3, 0.4) is 0 Å². The molecule has 1 aromatic heterocycles. The third-order valence-electron chi connectivity index (χ3n) is 4.48. The first-order chi connectivity index (χ1) is 11.7. The van der Waals surface area contributed by atoms with E-state index < -0.39 is 0 Å². The average Bonchev–Trinajstić information content (AvgIpc) is 3.05. The van der Waals surface area contributed by atoms with Gasteiger partial charge in [0.1, 0.15) is 0 Å². The fraction of sp³-hybridized carbons (Fsp3) is 0.368. The molecule has 5 heteroatoms. The van der Waals surface area contributed by atoms with Gasteiger partial charge in [0, 0.05) is 9.77 Å². The van der Waals surface area contributed by atoms with Crippen molar-refractivity contribution in [1.82, 2.24) is 5.43 Å². The van der Waals surface area contributed by atoms with Crippen LogP contribution in [0.2, 0.25) is 0 Å². The third kappa shape index (κ3) is 4.08. The van der Waals surface area contributed by atoms with Crippen LogP contribution in [0.4, 0.5) is 0 Å². The van der Waals surface area contributed by atoms with Crippen LogP contribution in [-0.4, -0.2) is 18.4 Å². The number of benzene rings is 1. The Kier molecular flexibility index (Phi) is 5.74. The van der Waals surface area contributed by atoms with Gasteiger partial charge in [0.05, 0.1) is 11.1 Å². The summed E-state index contributed by atoms with van der Waals surface area (Å²) in [6.45, 7) is 2.25. The largest absolute Gasteiger partial charge is 0.281 e. The number of hydrogen-bond acceptors (Lipinski definition) is 4. The summed E-state index contributed by atoms with van der Waals surface area (Å²) in [6.07, 6.45) is 8.42. The minimum absolute atomic E-state index is 0.112. The molecule has 3 rings (SSSR count). The lowest BCUT2D eigenvalue weighted by molar-refractivity contribution is 0.0959. The van der Waals surface area contributed by atoms with Crippen molar-refractivity contribution in [3.8, 4) is 0 Å². The first-order valence-corrected chi connectivity index (χ1v) is 10.3. The van der Waals surface area contributed by atoms with Crippen molar-refractivity contribution >= 4 is 35.2 Å². The highest BCUT2D eigenvalue weighted by atomic mass is 32.2. The molecule has 0 saturated carbocycles. The van der Waals surface area contributed by atoms with Gasteiger partial charge < -0.3 is 0 Å². The van der Waals surface area contributed by atoms with Gasteiger partial charge in [-0.1, -0.05) is 25.5 Å². The number of thioether (sulfide) groups is 1. The second kappa shape index (κ2) is 7.99. The zero-order valence-electron chi connectivity index (χ0n) is 14.0. The standard InChI is InChI=1S/C19H22N2OS2/c1-3-13-6-9-17-15(10-13)11-18(24-17)19(22)21-20-12-14-4-7-16(23-2)8-5-14/h4-5,7-8,11-13H,3,6,9-10H2,1-2H3,(H,21,22)/b20-12-/t13-/m0/s1. The quantitative estimate of drug-likeness (QED) is 0.476. The number of aryl methyl sites for hydroxylation is 1. The predicted octanol–water partition coefficient (Wildman–Crippen LogP) is 4.75. The molecule has 0 fully saturated rings. The summed E-state index contributed by atoms with van der Waals surface area (Å²) in [4.78, 5) is 15.6. The Morgan fingerprint density at radius 1 is 1.42 bits per heavy atom. The molecule has 1 aliphatic carbocycles. The van der Waals surface area contributed by atoms with E-state index in [0.29, 0.717) is 0 Å². The lowest BCUT2D eigenvalue weighted by atomic mass is 9.87. The monoisotopic (exact) mass is 358 g/mol. The minimum atomic E-state index is -0.112. The van der Waals surface area contributed by atoms with Crippen molar-refractivity contribution in [2.24, 2.45) is 11.0 Å². The Balaban J connectivity index is 1.61. The molecule has 0 unspecified atom stereocenters. The lowest BCUT2D eigenvalue weighted by Crippen LogP contribution is -2.16. The Hall–Kier alpha value is -1.59. The summed E-state index contributed by atoms with van der Waals surface area (Å²) < 4.78 is 0. The molecule has 1 N–H and O–H groups in total. The van der Waals surface area contributed by atoms with Crippen molar-refractivity contribution in [2.75, 3.05) is 6.26 Å². The van der Waals surface area contributed by atoms with E-state index in [-0.39, 0.29) is 5.91 Å². The number of thiophene rings is 1. The topological polar surface area (TPSA) is 41.5 Å². The number of amides is 1. The van der Waals surface area contributed by atoms with Crippen LogP contribution >= 0.6 is 23.1 Å². The SMILES string of the molecule is CC[C@H]1CCc2sc(C(=O)N/N=C\c3ccc(SC)cc3)cc2C1. The highest BCUT2D eigenvalue weighted by Crippen LogP contribution is 2.33. The maximum atomic E-state index is 12.3. The summed E-state index contributed by atoms with van der Waals surface area (Å²) >= 11 is 3.32. The second-order valence-corrected chi connectivity index (χ2v) is 8.06. The molecule has 0 bridgehead atoms. The van der Waals surface area contributed by atoms with E-state index in [1.807, 2.05) is 30.5 Å². The number of hydrazone groups is 1. The molecule has 126 valence electrons. The molecular weight excluding hydrogens is 336 g/mol. The normalized spacial score (nSPS) is 17.0. The van der Waals surface area contributed by atoms with Crippen molar-refractivity contribution in [3.63, 3.8) is 0 Å². The van der Waals surface area contributed by atoms with E-state index in [9.17, 15) is 4.79 Å². The average molecular weight is 359 g/mol. The number of carbonyl (C=O) groups excluding carboxylic acids is 1. The van der Waals surface area contributed by atoms with E-state index in [0.717, 1.165) is 29.2 Å². The maximum Gasteiger partial charge on any atom is 0.281 e. The van der Waals surface area contributed by atoms with Gasteiger partial charge in [0.25, 0.3) is 5.91 Å². The summed E-state index contributed by atoms with van der Waals surface area (Å²) in [6, 6.07) is 10.1. The number of fused-ring (bicyclic) bond motifs is 1. The number of nitrogens with one attached hydrogen (secondary N) is 1.